The van der Waals surface area contributed by atoms with Crippen molar-refractivity contribution < 1.29 is 28.9 Å². The van der Waals surface area contributed by atoms with E-state index in [1.165, 1.54) is 41.9 Å². The number of aromatic nitrogens is 2. The van der Waals surface area contributed by atoms with Crippen molar-refractivity contribution in [2.24, 2.45) is 0 Å². The van der Waals surface area contributed by atoms with Gasteiger partial charge in [-0.15, -0.1) is 0 Å². The average Bonchev–Trinajstić information content (AvgIpc) is 2.80. The summed E-state index contributed by atoms with van der Waals surface area (Å²) in [4.78, 5) is 55.3. The maximum Gasteiger partial charge on any atom is 0.242 e. The topological polar surface area (TPSA) is 119 Å². The molecule has 2 rings (SSSR count). The molecule has 0 fully saturated rings. The Kier molecular flexibility index (Phi) is 33.9. The first-order valence-electron chi connectivity index (χ1n) is 9.42. The summed E-state index contributed by atoms with van der Waals surface area (Å²) in [5, 5.41) is 1.58. The Labute approximate surface area is 211 Å². The van der Waals surface area contributed by atoms with Crippen LogP contribution in [0.1, 0.15) is 27.7 Å². The number of hydrogen-bond donors (Lipinski definition) is 0. The van der Waals surface area contributed by atoms with E-state index in [0.29, 0.717) is 0 Å². The summed E-state index contributed by atoms with van der Waals surface area (Å²) in [5.74, 6) is -0.190. The van der Waals surface area contributed by atoms with Crippen LogP contribution in [0.15, 0.2) is 61.2 Å². The SMILES string of the molecule is CC(=O)Cl.CC(=O)Cl.CON(C)C(C)=O.CON(C)C(C)=O.c1ccncc1.c1ccncc1. The highest BCUT2D eigenvalue weighted by molar-refractivity contribution is 6.63. The van der Waals surface area contributed by atoms with Crippen LogP contribution in [0.3, 0.4) is 0 Å². The van der Waals surface area contributed by atoms with Crippen molar-refractivity contribution in [1.29, 1.82) is 0 Å². The lowest BCUT2D eigenvalue weighted by Crippen LogP contribution is -2.21. The van der Waals surface area contributed by atoms with Gasteiger partial charge in [-0.2, -0.15) is 0 Å². The molecule has 0 saturated carbocycles. The third-order valence-electron chi connectivity index (χ3n) is 2.57. The van der Waals surface area contributed by atoms with Crippen molar-refractivity contribution in [2.45, 2.75) is 27.7 Å². The molecule has 0 aromatic carbocycles. The van der Waals surface area contributed by atoms with Crippen LogP contribution in [0.2, 0.25) is 0 Å². The van der Waals surface area contributed by atoms with Gasteiger partial charge in [0.25, 0.3) is 0 Å². The number of hydrogen-bond acceptors (Lipinski definition) is 8. The van der Waals surface area contributed by atoms with Crippen LogP contribution < -0.4 is 0 Å². The number of amides is 2. The minimum Gasteiger partial charge on any atom is -0.282 e. The van der Waals surface area contributed by atoms with Gasteiger partial charge in [0.05, 0.1) is 14.2 Å². The van der Waals surface area contributed by atoms with Gasteiger partial charge < -0.3 is 0 Å². The van der Waals surface area contributed by atoms with E-state index in [1.807, 2.05) is 36.4 Å². The van der Waals surface area contributed by atoms with Crippen LogP contribution in [0.4, 0.5) is 0 Å². The molecule has 0 aliphatic rings. The molecule has 34 heavy (non-hydrogen) atoms. The number of halogens is 2. The molecule has 0 aliphatic carbocycles. The first-order chi connectivity index (χ1) is 15.8. The fourth-order valence-electron chi connectivity index (χ4n) is 0.882. The van der Waals surface area contributed by atoms with Crippen molar-refractivity contribution in [3.05, 3.63) is 61.2 Å². The second kappa shape index (κ2) is 30.1. The lowest BCUT2D eigenvalue weighted by atomic mass is 10.5. The Bertz CT molecular complexity index is 616. The summed E-state index contributed by atoms with van der Waals surface area (Å²) in [6.07, 6.45) is 7.00. The lowest BCUT2D eigenvalue weighted by Gasteiger charge is -2.08. The van der Waals surface area contributed by atoms with E-state index in [2.05, 4.69) is 42.8 Å². The zero-order chi connectivity index (χ0) is 27.4. The summed E-state index contributed by atoms with van der Waals surface area (Å²) >= 11 is 9.27. The van der Waals surface area contributed by atoms with Gasteiger partial charge in [0.2, 0.25) is 22.3 Å². The number of pyridine rings is 2. The molecule has 2 amide bonds. The van der Waals surface area contributed by atoms with Crippen LogP contribution in [-0.2, 0) is 28.9 Å². The molecule has 192 valence electrons. The van der Waals surface area contributed by atoms with Crippen LogP contribution in [0, 0.1) is 0 Å². The molecule has 2 heterocycles. The smallest absolute Gasteiger partial charge is 0.242 e. The summed E-state index contributed by atoms with van der Waals surface area (Å²) in [7, 11) is 6.01. The molecule has 0 radical (unpaired) electrons. The second-order valence-electron chi connectivity index (χ2n) is 5.39. The zero-order valence-corrected chi connectivity index (χ0v) is 22.3. The molecule has 2 aromatic heterocycles. The first kappa shape index (κ1) is 38.3. The van der Waals surface area contributed by atoms with Crippen molar-refractivity contribution >= 4 is 45.5 Å². The van der Waals surface area contributed by atoms with Gasteiger partial charge in [0.1, 0.15) is 0 Å². The van der Waals surface area contributed by atoms with E-state index < -0.39 is 0 Å². The van der Waals surface area contributed by atoms with E-state index in [4.69, 9.17) is 0 Å². The average molecular weight is 521 g/mol. The standard InChI is InChI=1S/2C5H5N.2C4H9NO2.2C2H3ClO/c2*1-2-4-6-5-3-1;2*1-4(6)5(2)7-3;2*1-2(3)4/h2*1-5H;2*1-3H3;2*1H3. The van der Waals surface area contributed by atoms with Gasteiger partial charge in [0.15, 0.2) is 0 Å². The van der Waals surface area contributed by atoms with Gasteiger partial charge in [-0.05, 0) is 47.5 Å². The Morgan fingerprint density at radius 2 is 0.794 bits per heavy atom. The highest BCUT2D eigenvalue weighted by Gasteiger charge is 1.95. The molecule has 2 aromatic rings. The normalized spacial score (nSPS) is 7.82. The summed E-state index contributed by atoms with van der Waals surface area (Å²) < 4.78 is 0. The summed E-state index contributed by atoms with van der Waals surface area (Å²) in [6.45, 7) is 5.45. The minimum absolute atomic E-state index is 0.0949. The van der Waals surface area contributed by atoms with Crippen molar-refractivity contribution in [2.75, 3.05) is 28.3 Å². The number of nitrogens with zero attached hydrogens (tertiary/aromatic N) is 4. The molecule has 0 bridgehead atoms. The third-order valence-corrected chi connectivity index (χ3v) is 2.57. The van der Waals surface area contributed by atoms with E-state index in [9.17, 15) is 19.2 Å². The number of rotatable bonds is 2. The Hall–Kier alpha value is -2.92. The Morgan fingerprint density at radius 3 is 0.824 bits per heavy atom. The predicted molar refractivity (Wildman–Crippen MR) is 132 cm³/mol. The lowest BCUT2D eigenvalue weighted by molar-refractivity contribution is -0.166. The van der Waals surface area contributed by atoms with Crippen LogP contribution >= 0.6 is 23.2 Å². The van der Waals surface area contributed by atoms with E-state index >= 15 is 0 Å². The molecule has 0 saturated heterocycles. The van der Waals surface area contributed by atoms with Gasteiger partial charge in [-0.25, -0.2) is 10.1 Å². The van der Waals surface area contributed by atoms with E-state index in [-0.39, 0.29) is 22.3 Å². The van der Waals surface area contributed by atoms with Gasteiger partial charge in [0, 0.05) is 66.6 Å². The number of hydroxylamine groups is 4. The fraction of sp³-hybridized carbons (Fsp3) is 0.364. The van der Waals surface area contributed by atoms with Crippen LogP contribution in [-0.4, -0.2) is 70.7 Å². The number of carbonyl (C=O) groups is 4. The highest BCUT2D eigenvalue weighted by Crippen LogP contribution is 1.79. The van der Waals surface area contributed by atoms with Gasteiger partial charge >= 0.3 is 0 Å². The Balaban J connectivity index is -0.000000161. The van der Waals surface area contributed by atoms with E-state index in [0.717, 1.165) is 10.1 Å². The molecule has 0 spiro atoms. The maximum absolute atomic E-state index is 10.2. The van der Waals surface area contributed by atoms with Crippen LogP contribution in [0.25, 0.3) is 0 Å². The molecule has 10 nitrogen and oxygen atoms in total. The first-order valence-corrected chi connectivity index (χ1v) is 10.2. The molecular weight excluding hydrogens is 487 g/mol. The predicted octanol–water partition coefficient (Wildman–Crippen LogP) is 3.76. The zero-order valence-electron chi connectivity index (χ0n) is 20.8. The molecular formula is C22H34Cl2N4O6. The second-order valence-corrected chi connectivity index (χ2v) is 6.45. The van der Waals surface area contributed by atoms with Crippen molar-refractivity contribution in [1.82, 2.24) is 20.1 Å². The molecule has 0 aliphatic heterocycles. The number of carbonyl (C=O) groups excluding carboxylic acids is 4. The molecule has 0 N–H and O–H groups in total. The molecule has 0 unspecified atom stereocenters. The van der Waals surface area contributed by atoms with Crippen molar-refractivity contribution in [3.8, 4) is 0 Å². The Morgan fingerprint density at radius 1 is 0.588 bits per heavy atom. The minimum atomic E-state index is -0.361. The van der Waals surface area contributed by atoms with Crippen molar-refractivity contribution in [3.63, 3.8) is 0 Å². The third kappa shape index (κ3) is 51.6. The largest absolute Gasteiger partial charge is 0.282 e. The maximum atomic E-state index is 10.2. The fourth-order valence-corrected chi connectivity index (χ4v) is 0.882. The summed E-state index contributed by atoms with van der Waals surface area (Å²) in [5.41, 5.74) is 0. The quantitative estimate of drug-likeness (QED) is 0.433. The highest BCUT2D eigenvalue weighted by atomic mass is 35.5. The van der Waals surface area contributed by atoms with Crippen LogP contribution in [0.5, 0.6) is 0 Å². The van der Waals surface area contributed by atoms with Gasteiger partial charge in [-0.1, -0.05) is 12.1 Å². The van der Waals surface area contributed by atoms with E-state index in [1.54, 1.807) is 38.9 Å². The molecule has 0 atom stereocenters. The monoisotopic (exact) mass is 520 g/mol. The van der Waals surface area contributed by atoms with Gasteiger partial charge in [-0.3, -0.25) is 38.8 Å². The summed E-state index contributed by atoms with van der Waals surface area (Å²) in [6, 6.07) is 11.4. The molecule has 12 heteroatoms.